The van der Waals surface area contributed by atoms with Gasteiger partial charge in [-0.1, -0.05) is 53.5 Å². The van der Waals surface area contributed by atoms with Gasteiger partial charge in [-0.25, -0.2) is 23.1 Å². The highest BCUT2D eigenvalue weighted by atomic mass is 35.5. The number of ether oxygens (including phenoxy) is 2. The molecule has 0 saturated carbocycles. The van der Waals surface area contributed by atoms with E-state index >= 15 is 0 Å². The largest absolute Gasteiger partial charge is 0.466 e. The molecule has 0 aliphatic heterocycles. The van der Waals surface area contributed by atoms with Gasteiger partial charge in [0.1, 0.15) is 4.90 Å². The number of methoxy groups -OCH3 is 1. The van der Waals surface area contributed by atoms with E-state index in [1.54, 1.807) is 30.3 Å². The van der Waals surface area contributed by atoms with Crippen LogP contribution in [0.15, 0.2) is 47.4 Å². The molecule has 2 aromatic carbocycles. The second kappa shape index (κ2) is 8.05. The third-order valence-corrected chi connectivity index (χ3v) is 4.98. The van der Waals surface area contributed by atoms with Gasteiger partial charge in [-0.05, 0) is 12.1 Å². The summed E-state index contributed by atoms with van der Waals surface area (Å²) in [5, 5.41) is 4.65. The summed E-state index contributed by atoms with van der Waals surface area (Å²) in [7, 11) is -3.06. The number of halogens is 2. The van der Waals surface area contributed by atoms with Gasteiger partial charge in [0.15, 0.2) is 0 Å². The van der Waals surface area contributed by atoms with Crippen LogP contribution in [-0.4, -0.2) is 27.5 Å². The Kier molecular flexibility index (Phi) is 6.25. The summed E-state index contributed by atoms with van der Waals surface area (Å²) in [6.45, 7) is 0. The van der Waals surface area contributed by atoms with Gasteiger partial charge in [0.25, 0.3) is 0 Å². The Labute approximate surface area is 159 Å². The van der Waals surface area contributed by atoms with Gasteiger partial charge in [0, 0.05) is 5.56 Å². The van der Waals surface area contributed by atoms with Crippen molar-refractivity contribution in [3.63, 3.8) is 0 Å². The van der Waals surface area contributed by atoms with E-state index in [0.29, 0.717) is 5.56 Å². The number of sulfonamides is 1. The van der Waals surface area contributed by atoms with E-state index in [4.69, 9.17) is 33.1 Å². The molecular weight excluding hydrogens is 405 g/mol. The Hall–Kier alpha value is -2.13. The molecule has 2 aromatic rings. The van der Waals surface area contributed by atoms with Crippen LogP contribution in [0.2, 0.25) is 10.0 Å². The van der Waals surface area contributed by atoms with E-state index in [2.05, 4.69) is 4.74 Å². The van der Waals surface area contributed by atoms with Gasteiger partial charge >= 0.3 is 11.9 Å². The number of primary sulfonamides is 1. The lowest BCUT2D eigenvalue weighted by atomic mass is 10.1. The summed E-state index contributed by atoms with van der Waals surface area (Å²) in [4.78, 5) is 23.9. The van der Waals surface area contributed by atoms with Crippen molar-refractivity contribution >= 4 is 45.2 Å². The average molecular weight is 418 g/mol. The van der Waals surface area contributed by atoms with E-state index in [0.717, 1.165) is 19.2 Å². The first-order valence-electron chi connectivity index (χ1n) is 7.00. The molecule has 0 heterocycles. The summed E-state index contributed by atoms with van der Waals surface area (Å²) in [6, 6.07) is 10.1. The maximum absolute atomic E-state index is 12.5. The predicted molar refractivity (Wildman–Crippen MR) is 94.4 cm³/mol. The number of carbonyl (C=O) groups excluding carboxylic acids is 2. The highest BCUT2D eigenvalue weighted by Gasteiger charge is 2.28. The standard InChI is InChI=1S/C16H13Cl2NO6S/c1-24-16(21)14(9-5-3-2-4-6-9)25-15(20)10-7-13(26(19,22)23)12(18)8-11(10)17/h2-8,14H,1H3,(H2,19,22,23)/t14-/m0/s1. The van der Waals surface area contributed by atoms with Gasteiger partial charge in [0.05, 0.1) is 22.7 Å². The van der Waals surface area contributed by atoms with Gasteiger partial charge in [-0.3, -0.25) is 0 Å². The molecule has 10 heteroatoms. The maximum atomic E-state index is 12.5. The molecule has 0 unspecified atom stereocenters. The minimum atomic E-state index is -4.20. The summed E-state index contributed by atoms with van der Waals surface area (Å²) in [6.07, 6.45) is -1.36. The first-order chi connectivity index (χ1) is 12.1. The quantitative estimate of drug-likeness (QED) is 0.748. The highest BCUT2D eigenvalue weighted by molar-refractivity contribution is 7.89. The smallest absolute Gasteiger partial charge is 0.351 e. The Balaban J connectivity index is 2.43. The van der Waals surface area contributed by atoms with Crippen LogP contribution in [-0.2, 0) is 24.3 Å². The van der Waals surface area contributed by atoms with E-state index in [1.807, 2.05) is 0 Å². The lowest BCUT2D eigenvalue weighted by Gasteiger charge is -2.17. The van der Waals surface area contributed by atoms with Crippen LogP contribution in [0.1, 0.15) is 22.0 Å². The molecule has 0 aliphatic rings. The number of carbonyl (C=O) groups is 2. The van der Waals surface area contributed by atoms with Crippen molar-refractivity contribution in [2.75, 3.05) is 7.11 Å². The highest BCUT2D eigenvalue weighted by Crippen LogP contribution is 2.30. The van der Waals surface area contributed by atoms with Crippen LogP contribution in [0, 0.1) is 0 Å². The zero-order valence-corrected chi connectivity index (χ0v) is 15.6. The molecule has 2 N–H and O–H groups in total. The van der Waals surface area contributed by atoms with Gasteiger partial charge < -0.3 is 9.47 Å². The molecule has 0 amide bonds. The van der Waals surface area contributed by atoms with E-state index in [1.165, 1.54) is 0 Å². The van der Waals surface area contributed by atoms with Crippen molar-refractivity contribution in [3.05, 3.63) is 63.6 Å². The van der Waals surface area contributed by atoms with E-state index in [9.17, 15) is 18.0 Å². The number of hydrogen-bond acceptors (Lipinski definition) is 6. The van der Waals surface area contributed by atoms with Crippen molar-refractivity contribution in [2.24, 2.45) is 5.14 Å². The van der Waals surface area contributed by atoms with Crippen molar-refractivity contribution in [1.29, 1.82) is 0 Å². The summed E-state index contributed by atoms with van der Waals surface area (Å²) in [5.41, 5.74) is 0.0504. The minimum absolute atomic E-state index is 0.163. The number of benzene rings is 2. The lowest BCUT2D eigenvalue weighted by molar-refractivity contribution is -0.151. The first kappa shape index (κ1) is 20.2. The van der Waals surface area contributed by atoms with Crippen LogP contribution in [0.5, 0.6) is 0 Å². The molecule has 7 nitrogen and oxygen atoms in total. The predicted octanol–water partition coefficient (Wildman–Crippen LogP) is 2.71. The molecule has 0 radical (unpaired) electrons. The SMILES string of the molecule is COC(=O)[C@@H](OC(=O)c1cc(S(N)(=O)=O)c(Cl)cc1Cl)c1ccccc1. The van der Waals surface area contributed by atoms with Crippen LogP contribution in [0.25, 0.3) is 0 Å². The zero-order valence-electron chi connectivity index (χ0n) is 13.3. The second-order valence-corrected chi connectivity index (χ2v) is 7.37. The van der Waals surface area contributed by atoms with E-state index < -0.39 is 33.0 Å². The van der Waals surface area contributed by atoms with Crippen LogP contribution in [0.3, 0.4) is 0 Å². The normalized spacial score (nSPS) is 12.3. The fourth-order valence-corrected chi connectivity index (χ4v) is 3.46. The van der Waals surface area contributed by atoms with Crippen LogP contribution < -0.4 is 5.14 Å². The number of hydrogen-bond donors (Lipinski definition) is 1. The molecule has 0 aliphatic carbocycles. The average Bonchev–Trinajstić information content (AvgIpc) is 2.58. The number of nitrogens with two attached hydrogens (primary N) is 1. The third-order valence-electron chi connectivity index (χ3n) is 3.29. The monoisotopic (exact) mass is 417 g/mol. The first-order valence-corrected chi connectivity index (χ1v) is 9.31. The molecular formula is C16H13Cl2NO6S. The van der Waals surface area contributed by atoms with Gasteiger partial charge in [0.2, 0.25) is 16.1 Å². The fraction of sp³-hybridized carbons (Fsp3) is 0.125. The minimum Gasteiger partial charge on any atom is -0.466 e. The molecule has 0 spiro atoms. The summed E-state index contributed by atoms with van der Waals surface area (Å²) >= 11 is 11.7. The molecule has 0 aromatic heterocycles. The Morgan fingerprint density at radius 3 is 2.23 bits per heavy atom. The van der Waals surface area contributed by atoms with E-state index in [-0.39, 0.29) is 15.6 Å². The van der Waals surface area contributed by atoms with Crippen molar-refractivity contribution in [1.82, 2.24) is 0 Å². The lowest BCUT2D eigenvalue weighted by Crippen LogP contribution is -2.22. The fourth-order valence-electron chi connectivity index (χ4n) is 2.06. The molecule has 138 valence electrons. The third kappa shape index (κ3) is 4.53. The summed E-state index contributed by atoms with van der Waals surface area (Å²) < 4.78 is 33.0. The number of esters is 2. The molecule has 1 atom stereocenters. The maximum Gasteiger partial charge on any atom is 0.351 e. The van der Waals surface area contributed by atoms with Gasteiger partial charge in [-0.2, -0.15) is 0 Å². The molecule has 0 fully saturated rings. The number of rotatable bonds is 5. The second-order valence-electron chi connectivity index (χ2n) is 5.03. The molecule has 0 saturated heterocycles. The Morgan fingerprint density at radius 2 is 1.69 bits per heavy atom. The Morgan fingerprint density at radius 1 is 1.08 bits per heavy atom. The Bertz CT molecular complexity index is 947. The molecule has 2 rings (SSSR count). The zero-order chi connectivity index (χ0) is 19.5. The van der Waals surface area contributed by atoms with Crippen molar-refractivity contribution in [2.45, 2.75) is 11.0 Å². The van der Waals surface area contributed by atoms with Crippen LogP contribution in [0.4, 0.5) is 0 Å². The van der Waals surface area contributed by atoms with Crippen LogP contribution >= 0.6 is 23.2 Å². The molecule has 0 bridgehead atoms. The van der Waals surface area contributed by atoms with Gasteiger partial charge in [-0.15, -0.1) is 0 Å². The summed E-state index contributed by atoms with van der Waals surface area (Å²) in [5.74, 6) is -1.86. The van der Waals surface area contributed by atoms with Crippen molar-refractivity contribution in [3.8, 4) is 0 Å². The molecule has 26 heavy (non-hydrogen) atoms. The van der Waals surface area contributed by atoms with Crippen molar-refractivity contribution < 1.29 is 27.5 Å². The topological polar surface area (TPSA) is 113 Å².